The predicted molar refractivity (Wildman–Crippen MR) is 280 cm³/mol. The van der Waals surface area contributed by atoms with E-state index in [2.05, 4.69) is 16.7 Å². The van der Waals surface area contributed by atoms with Gasteiger partial charge in [0.05, 0.1) is 34.3 Å². The van der Waals surface area contributed by atoms with Crippen LogP contribution >= 0.6 is 0 Å². The monoisotopic (exact) mass is 857 g/mol. The molecule has 0 atom stereocenters. The zero-order valence-corrected chi connectivity index (χ0v) is 35.0. The summed E-state index contributed by atoms with van der Waals surface area (Å²) in [5.41, 5.74) is 3.04. The van der Waals surface area contributed by atoms with E-state index in [1.54, 1.807) is 30.3 Å². The first-order valence-corrected chi connectivity index (χ1v) is 21.3. The van der Waals surface area contributed by atoms with Crippen LogP contribution in [0.15, 0.2) is 267 Å². The summed E-state index contributed by atoms with van der Waals surface area (Å²) in [5, 5.41) is 3.81. The van der Waals surface area contributed by atoms with Crippen LogP contribution in [-0.4, -0.2) is 4.57 Å². The molecule has 12 rings (SSSR count). The Morgan fingerprint density at radius 3 is 1.47 bits per heavy atom. The molecule has 0 unspecified atom stereocenters. The summed E-state index contributed by atoms with van der Waals surface area (Å²) < 4.78 is 158. The molecule has 0 bridgehead atoms. The molecule has 0 aliphatic heterocycles. The molecule has 1 aromatic heterocycles. The third-order valence-corrected chi connectivity index (χ3v) is 11.7. The molecule has 0 saturated carbocycles. The van der Waals surface area contributed by atoms with Crippen molar-refractivity contribution in [2.45, 2.75) is 0 Å². The molecule has 1 heterocycles. The van der Waals surface area contributed by atoms with E-state index in [0.29, 0.717) is 5.56 Å². The quantitative estimate of drug-likeness (QED) is 0.140. The summed E-state index contributed by atoms with van der Waals surface area (Å²) in [7, 11) is 0. The number of rotatable bonds is 9. The van der Waals surface area contributed by atoms with Crippen molar-refractivity contribution in [3.05, 3.63) is 267 Å². The van der Waals surface area contributed by atoms with Crippen molar-refractivity contribution in [3.8, 4) is 61.3 Å². The van der Waals surface area contributed by atoms with E-state index in [1.807, 2.05) is 121 Å². The van der Waals surface area contributed by atoms with E-state index >= 15 is 0 Å². The second-order valence-electron chi connectivity index (χ2n) is 15.6. The zero-order valence-electron chi connectivity index (χ0n) is 52.0. The Balaban J connectivity index is 1.05. The molecule has 0 aliphatic rings. The lowest BCUT2D eigenvalue weighted by Crippen LogP contribution is -2.09. The summed E-state index contributed by atoms with van der Waals surface area (Å²) in [6, 6.07) is 39.1. The van der Waals surface area contributed by atoms with Gasteiger partial charge in [0, 0.05) is 33.5 Å². The molecule has 0 fully saturated rings. The number of hydrogen-bond acceptors (Lipinski definition) is 1. The molecule has 0 spiro atoms. The smallest absolute Gasteiger partial charge is 0.0645 e. The third kappa shape index (κ3) is 7.21. The number of anilines is 3. The molecule has 0 N–H and O–H groups in total. The zero-order chi connectivity index (χ0) is 58.6. The van der Waals surface area contributed by atoms with Crippen molar-refractivity contribution in [1.29, 1.82) is 0 Å². The van der Waals surface area contributed by atoms with E-state index in [0.717, 1.165) is 65.4 Å². The lowest BCUT2D eigenvalue weighted by molar-refractivity contribution is 1.19. The Kier molecular flexibility index (Phi) is 6.34. The first-order chi connectivity index (χ1) is 39.8. The normalized spacial score (nSPS) is 14.9. The minimum absolute atomic E-state index is 0.0358. The van der Waals surface area contributed by atoms with Crippen LogP contribution in [-0.2, 0) is 0 Å². The number of aromatic nitrogens is 1. The molecule has 0 amide bonds. The summed E-state index contributed by atoms with van der Waals surface area (Å²) in [4.78, 5) is 1.14. The van der Waals surface area contributed by atoms with Gasteiger partial charge in [-0.25, -0.2) is 0 Å². The highest BCUT2D eigenvalue weighted by Gasteiger charge is 2.17. The predicted octanol–water partition coefficient (Wildman–Crippen LogP) is 17.7. The van der Waals surface area contributed by atoms with Gasteiger partial charge in [-0.2, -0.15) is 0 Å². The molecule has 0 aliphatic carbocycles. The summed E-state index contributed by atoms with van der Waals surface area (Å²) in [6.45, 7) is 0. The van der Waals surface area contributed by atoms with Crippen molar-refractivity contribution in [1.82, 2.24) is 4.57 Å². The highest BCUT2D eigenvalue weighted by Crippen LogP contribution is 2.41. The number of benzene rings is 11. The highest BCUT2D eigenvalue weighted by molar-refractivity contribution is 6.10. The van der Waals surface area contributed by atoms with Gasteiger partial charge in [0.15, 0.2) is 0 Å². The van der Waals surface area contributed by atoms with Gasteiger partial charge in [0.25, 0.3) is 0 Å². The van der Waals surface area contributed by atoms with Crippen LogP contribution in [0.1, 0.15) is 23.3 Å². The SMILES string of the molecule is [2H]c1c([2H])c([2H])c(-c2c([2H])c([2H])c(-c3c([2H])c([2H])c(N(c4ccc(-c5ccccc5-c5ccccc5)cc4)c4c([2H])c([2H])c(-c5ccc6c(c5)c5ccccc5n6-c5ccc6ccccc6c5)c([2H])c4[2H])c([2H])c3[2H])c([2H])c2[2H])c([2H])c1[2H]. The fraction of sp³-hybridized carbons (Fsp3) is 0. The minimum Gasteiger partial charge on any atom is -0.311 e. The molecule has 66 heavy (non-hydrogen) atoms. The Morgan fingerprint density at radius 1 is 0.303 bits per heavy atom. The van der Waals surface area contributed by atoms with Crippen molar-refractivity contribution in [3.63, 3.8) is 0 Å². The molecule has 2 nitrogen and oxygen atoms in total. The standard InChI is InChI=1S/C64H44N2/c1-3-13-45(14-4-1)47-23-25-48(26-24-47)49-27-35-55(36-28-49)65(57-39-32-52(33-40-57)60-20-10-9-19-59(60)51-16-5-2-6-17-51)56-37-29-50(30-38-56)54-34-42-64-62(44-54)61-21-11-12-22-63(61)66(64)58-41-31-46-15-7-8-18-53(46)43-58/h1-44H/i1D,3D,4D,13D,14D,23D,24D,25D,26D,27D,28D,29D,30D,35D,36D,37D,38D. The highest BCUT2D eigenvalue weighted by atomic mass is 15.1. The second-order valence-corrected chi connectivity index (χ2v) is 15.6. The maximum Gasteiger partial charge on any atom is 0.0645 e. The first-order valence-electron chi connectivity index (χ1n) is 29.8. The molecule has 310 valence electrons. The lowest BCUT2D eigenvalue weighted by atomic mass is 9.94. The van der Waals surface area contributed by atoms with Crippen molar-refractivity contribution in [2.75, 3.05) is 4.90 Å². The second kappa shape index (κ2) is 16.8. The van der Waals surface area contributed by atoms with E-state index < -0.39 is 136 Å². The van der Waals surface area contributed by atoms with E-state index in [-0.39, 0.29) is 11.3 Å². The topological polar surface area (TPSA) is 8.17 Å². The van der Waals surface area contributed by atoms with Crippen LogP contribution in [0, 0.1) is 0 Å². The van der Waals surface area contributed by atoms with Gasteiger partial charge in [0.1, 0.15) is 0 Å². The fourth-order valence-corrected chi connectivity index (χ4v) is 8.53. The number of fused-ring (bicyclic) bond motifs is 4. The van der Waals surface area contributed by atoms with E-state index in [1.165, 1.54) is 0 Å². The minimum atomic E-state index is -0.879. The van der Waals surface area contributed by atoms with Crippen LogP contribution in [0.5, 0.6) is 0 Å². The van der Waals surface area contributed by atoms with Gasteiger partial charge in [0.2, 0.25) is 0 Å². The Hall–Kier alpha value is -8.72. The van der Waals surface area contributed by atoms with Crippen molar-refractivity contribution in [2.24, 2.45) is 0 Å². The van der Waals surface area contributed by atoms with E-state index in [9.17, 15) is 11.0 Å². The van der Waals surface area contributed by atoms with Crippen LogP contribution in [0.25, 0.3) is 93.9 Å². The summed E-state index contributed by atoms with van der Waals surface area (Å²) >= 11 is 0. The van der Waals surface area contributed by atoms with Crippen LogP contribution in [0.3, 0.4) is 0 Å². The third-order valence-electron chi connectivity index (χ3n) is 11.7. The maximum absolute atomic E-state index is 9.81. The molecule has 0 radical (unpaired) electrons. The number of hydrogen-bond donors (Lipinski definition) is 0. The van der Waals surface area contributed by atoms with Crippen molar-refractivity contribution < 1.29 is 23.3 Å². The number of nitrogens with zero attached hydrogens (tertiary/aromatic N) is 2. The van der Waals surface area contributed by atoms with Crippen LogP contribution in [0.4, 0.5) is 17.1 Å². The molecular weight excluding hydrogens is 797 g/mol. The molecule has 12 aromatic rings. The van der Waals surface area contributed by atoms with Gasteiger partial charge in [-0.1, -0.05) is 200 Å². The molecule has 11 aromatic carbocycles. The Labute approximate surface area is 409 Å². The molecule has 2 heteroatoms. The largest absolute Gasteiger partial charge is 0.311 e. The van der Waals surface area contributed by atoms with Gasteiger partial charge in [-0.15, -0.1) is 0 Å². The fourth-order valence-electron chi connectivity index (χ4n) is 8.53. The van der Waals surface area contributed by atoms with Gasteiger partial charge in [-0.3, -0.25) is 0 Å². The average molecular weight is 858 g/mol. The Bertz CT molecular complexity index is 4600. The number of para-hydroxylation sites is 1. The van der Waals surface area contributed by atoms with Crippen LogP contribution in [0.2, 0.25) is 0 Å². The van der Waals surface area contributed by atoms with E-state index in [4.69, 9.17) is 12.3 Å². The summed E-state index contributed by atoms with van der Waals surface area (Å²) in [6.07, 6.45) is 0. The maximum atomic E-state index is 9.81. The lowest BCUT2D eigenvalue weighted by Gasteiger charge is -2.26. The molecular formula is C64H44N2. The van der Waals surface area contributed by atoms with Gasteiger partial charge in [-0.05, 0) is 133 Å². The van der Waals surface area contributed by atoms with Gasteiger partial charge >= 0.3 is 0 Å². The van der Waals surface area contributed by atoms with Gasteiger partial charge < -0.3 is 9.47 Å². The summed E-state index contributed by atoms with van der Waals surface area (Å²) in [5.74, 6) is 0. The first kappa shape index (κ1) is 24.9. The Morgan fingerprint density at radius 2 is 0.803 bits per heavy atom. The van der Waals surface area contributed by atoms with Crippen molar-refractivity contribution >= 4 is 49.6 Å². The average Bonchev–Trinajstić information content (AvgIpc) is 2.02. The van der Waals surface area contributed by atoms with Crippen LogP contribution < -0.4 is 4.90 Å². The molecule has 0 saturated heterocycles.